The van der Waals surface area contributed by atoms with Gasteiger partial charge in [0, 0.05) is 36.6 Å². The topological polar surface area (TPSA) is 129 Å². The lowest BCUT2D eigenvalue weighted by Gasteiger charge is -2.50. The van der Waals surface area contributed by atoms with Gasteiger partial charge in [-0.3, -0.25) is 34.4 Å². The summed E-state index contributed by atoms with van der Waals surface area (Å²) in [6.07, 6.45) is 3.84. The number of benzene rings is 4. The van der Waals surface area contributed by atoms with Gasteiger partial charge in [-0.2, -0.15) is 5.01 Å². The van der Waals surface area contributed by atoms with Gasteiger partial charge in [0.25, 0.3) is 11.8 Å². The number of hydrogen-bond acceptors (Lipinski definition) is 9. The van der Waals surface area contributed by atoms with Gasteiger partial charge in [0.1, 0.15) is 5.75 Å². The van der Waals surface area contributed by atoms with Gasteiger partial charge in [0.15, 0.2) is 11.5 Å². The molecule has 0 radical (unpaired) electrons. The highest BCUT2D eigenvalue weighted by Gasteiger charge is 2.70. The van der Waals surface area contributed by atoms with E-state index in [2.05, 4.69) is 22.5 Å². The Bertz CT molecular complexity index is 2380. The average Bonchev–Trinajstić information content (AvgIpc) is 3.63. The number of likely N-dealkylation sites (tertiary alicyclic amines) is 2. The molecule has 2 N–H and O–H groups in total. The van der Waals surface area contributed by atoms with Crippen molar-refractivity contribution in [2.45, 2.75) is 56.5 Å². The molecule has 4 aromatic carbocycles. The Morgan fingerprint density at radius 1 is 0.867 bits per heavy atom. The predicted octanol–water partition coefficient (Wildman–Crippen LogP) is 7.76. The Hall–Kier alpha value is -5.36. The second kappa shape index (κ2) is 15.9. The van der Waals surface area contributed by atoms with E-state index in [0.29, 0.717) is 46.8 Å². The first kappa shape index (κ1) is 40.1. The van der Waals surface area contributed by atoms with E-state index in [1.165, 1.54) is 22.6 Å². The summed E-state index contributed by atoms with van der Waals surface area (Å²) in [5.74, 6) is -4.28. The summed E-state index contributed by atoms with van der Waals surface area (Å²) < 4.78 is 11.4. The maximum Gasteiger partial charge on any atom is 0.260 e. The largest absolute Gasteiger partial charge is 0.504 e. The molecule has 0 aromatic heterocycles. The van der Waals surface area contributed by atoms with Crippen molar-refractivity contribution in [3.8, 4) is 17.2 Å². The molecule has 60 heavy (non-hydrogen) atoms. The zero-order chi connectivity index (χ0) is 41.9. The van der Waals surface area contributed by atoms with Crippen LogP contribution < -0.4 is 14.9 Å². The molecule has 2 aliphatic carbocycles. The molecule has 6 atom stereocenters. The summed E-state index contributed by atoms with van der Waals surface area (Å²) in [5, 5.41) is 12.5. The van der Waals surface area contributed by atoms with Gasteiger partial charge in [0.2, 0.25) is 11.8 Å². The molecule has 5 aliphatic rings. The number of carbonyl (C=O) groups excluding carboxylic acids is 4. The number of fused-ring (bicyclic) bond motifs is 4. The number of halogens is 2. The number of imide groups is 2. The summed E-state index contributed by atoms with van der Waals surface area (Å²) in [4.78, 5) is 64.0. The number of methoxy groups -OCH3 is 1. The minimum Gasteiger partial charge on any atom is -0.504 e. The molecule has 3 saturated heterocycles. The zero-order valence-corrected chi connectivity index (χ0v) is 34.9. The first-order valence-electron chi connectivity index (χ1n) is 20.6. The van der Waals surface area contributed by atoms with Gasteiger partial charge in [-0.05, 0) is 97.7 Å². The smallest absolute Gasteiger partial charge is 0.260 e. The van der Waals surface area contributed by atoms with Crippen LogP contribution in [-0.4, -0.2) is 76.4 Å². The normalized spacial score (nSPS) is 26.7. The fourth-order valence-corrected chi connectivity index (χ4v) is 11.2. The number of hydrazine groups is 1. The number of carbonyl (C=O) groups is 4. The number of aromatic hydroxyl groups is 1. The maximum atomic E-state index is 15.6. The van der Waals surface area contributed by atoms with Crippen molar-refractivity contribution in [1.29, 1.82) is 0 Å². The number of piperidine rings is 1. The molecule has 1 saturated carbocycles. The van der Waals surface area contributed by atoms with Gasteiger partial charge in [-0.15, -0.1) is 0 Å². The minimum absolute atomic E-state index is 0.0720. The van der Waals surface area contributed by atoms with E-state index >= 15 is 9.59 Å². The molecule has 4 amide bonds. The molecule has 9 rings (SSSR count). The lowest BCUT2D eigenvalue weighted by atomic mass is 9.49. The third-order valence-electron chi connectivity index (χ3n) is 13.4. The third-order valence-corrected chi connectivity index (χ3v) is 14.0. The van der Waals surface area contributed by atoms with Crippen LogP contribution in [0.3, 0.4) is 0 Å². The Balaban J connectivity index is 1.13. The van der Waals surface area contributed by atoms with Crippen LogP contribution in [0.2, 0.25) is 10.0 Å². The molecule has 6 unspecified atom stereocenters. The van der Waals surface area contributed by atoms with E-state index in [4.69, 9.17) is 32.7 Å². The Morgan fingerprint density at radius 2 is 1.62 bits per heavy atom. The van der Waals surface area contributed by atoms with Crippen LogP contribution in [0.5, 0.6) is 17.2 Å². The molecule has 0 bridgehead atoms. The molecule has 3 aliphatic heterocycles. The molecule has 4 fully saturated rings. The van der Waals surface area contributed by atoms with E-state index in [1.54, 1.807) is 43.5 Å². The van der Waals surface area contributed by atoms with Crippen molar-refractivity contribution < 1.29 is 33.8 Å². The van der Waals surface area contributed by atoms with Crippen molar-refractivity contribution in [3.63, 3.8) is 0 Å². The van der Waals surface area contributed by atoms with Gasteiger partial charge in [0.05, 0.1) is 47.6 Å². The number of amides is 4. The van der Waals surface area contributed by atoms with E-state index < -0.39 is 46.8 Å². The average molecular weight is 850 g/mol. The van der Waals surface area contributed by atoms with E-state index in [0.717, 1.165) is 30.2 Å². The molecule has 11 nitrogen and oxygen atoms in total. The summed E-state index contributed by atoms with van der Waals surface area (Å²) in [6.45, 7) is 4.41. The number of nitrogens with one attached hydrogen (secondary N) is 1. The highest BCUT2D eigenvalue weighted by molar-refractivity contribution is 6.36. The summed E-state index contributed by atoms with van der Waals surface area (Å²) in [6, 6.07) is 27.0. The number of phenols is 1. The van der Waals surface area contributed by atoms with Gasteiger partial charge >= 0.3 is 0 Å². The second-order valence-electron chi connectivity index (χ2n) is 16.4. The van der Waals surface area contributed by atoms with Crippen LogP contribution in [0.15, 0.2) is 103 Å². The molecule has 310 valence electrons. The predicted molar refractivity (Wildman–Crippen MR) is 226 cm³/mol. The third kappa shape index (κ3) is 6.53. The number of rotatable bonds is 10. The number of nitrogens with zero attached hydrogens (tertiary/aromatic N) is 3. The van der Waals surface area contributed by atoms with Crippen LogP contribution in [0.25, 0.3) is 0 Å². The second-order valence-corrected chi connectivity index (χ2v) is 17.3. The van der Waals surface area contributed by atoms with Gasteiger partial charge in [-0.1, -0.05) is 83.4 Å². The van der Waals surface area contributed by atoms with E-state index in [9.17, 15) is 14.7 Å². The van der Waals surface area contributed by atoms with Crippen molar-refractivity contribution in [1.82, 2.24) is 14.8 Å². The highest BCUT2D eigenvalue weighted by Crippen LogP contribution is 2.64. The standard InChI is InChI=1S/C47H46Cl2N4O7/c1-3-60-40-23-28(9-18-39(40)54)42-33-15-16-34-41(45(57)52(43(34)55)31-19-21-51(22-20-31)26-27-7-5-4-6-8-27)35(33)25-36-44(56)53(50-38-17-12-30(48)24-37(38)49)46(58)47(36,42)29-10-13-32(59-2)14-11-29/h4-15,17-18,23-24,31,34-36,41-42,50,54H,3,16,19-22,25-26H2,1-2H3. The van der Waals surface area contributed by atoms with Crippen molar-refractivity contribution in [3.05, 3.63) is 129 Å². The molecule has 4 aromatic rings. The quantitative estimate of drug-likeness (QED) is 0.122. The fraction of sp³-hybridized carbons (Fsp3) is 0.362. The van der Waals surface area contributed by atoms with Crippen LogP contribution >= 0.6 is 23.2 Å². The Kier molecular flexibility index (Phi) is 10.6. The lowest BCUT2D eigenvalue weighted by molar-refractivity contribution is -0.144. The summed E-state index contributed by atoms with van der Waals surface area (Å²) in [5.41, 5.74) is 5.04. The number of anilines is 1. The zero-order valence-electron chi connectivity index (χ0n) is 33.4. The SMILES string of the molecule is CCOc1cc(C2C3=CCC4C(=O)N(C5CCN(Cc6ccccc6)CC5)C(=O)C4C3CC3C(=O)N(Nc4ccc(Cl)cc4Cl)C(=O)C32c2ccc(OC)cc2)ccc1O. The van der Waals surface area contributed by atoms with Crippen molar-refractivity contribution >= 4 is 52.5 Å². The minimum atomic E-state index is -1.54. The van der Waals surface area contributed by atoms with E-state index in [1.807, 2.05) is 43.3 Å². The summed E-state index contributed by atoms with van der Waals surface area (Å²) >= 11 is 12.8. The molecule has 3 heterocycles. The monoisotopic (exact) mass is 848 g/mol. The van der Waals surface area contributed by atoms with Crippen LogP contribution in [0.1, 0.15) is 55.2 Å². The number of hydrogen-bond donors (Lipinski definition) is 2. The van der Waals surface area contributed by atoms with Crippen LogP contribution in [0.4, 0.5) is 5.69 Å². The van der Waals surface area contributed by atoms with Gasteiger partial charge < -0.3 is 14.6 Å². The molecule has 0 spiro atoms. The Morgan fingerprint density at radius 3 is 2.32 bits per heavy atom. The Labute approximate surface area is 358 Å². The fourth-order valence-electron chi connectivity index (χ4n) is 10.8. The number of phenolic OH excluding ortho intramolecular Hbond substituents is 1. The van der Waals surface area contributed by atoms with Crippen LogP contribution in [-0.2, 0) is 31.1 Å². The number of ether oxygens (including phenoxy) is 2. The van der Waals surface area contributed by atoms with Crippen LogP contribution in [0, 0.1) is 23.7 Å². The molecule has 13 heteroatoms. The number of allylic oxidation sites excluding steroid dienone is 2. The first-order valence-corrected chi connectivity index (χ1v) is 21.3. The molecular weight excluding hydrogens is 803 g/mol. The molecular formula is C47H46Cl2N4O7. The van der Waals surface area contributed by atoms with Crippen molar-refractivity contribution in [2.75, 3.05) is 32.2 Å². The first-order chi connectivity index (χ1) is 29.0. The maximum absolute atomic E-state index is 15.6. The lowest BCUT2D eigenvalue weighted by Crippen LogP contribution is -2.53. The van der Waals surface area contributed by atoms with Crippen molar-refractivity contribution in [2.24, 2.45) is 23.7 Å². The van der Waals surface area contributed by atoms with E-state index in [-0.39, 0.29) is 47.4 Å². The van der Waals surface area contributed by atoms with Gasteiger partial charge in [-0.25, -0.2) is 0 Å². The summed E-state index contributed by atoms with van der Waals surface area (Å²) in [7, 11) is 1.56. The highest BCUT2D eigenvalue weighted by atomic mass is 35.5.